The summed E-state index contributed by atoms with van der Waals surface area (Å²) in [6.45, 7) is 8.11. The molecule has 1 fully saturated rings. The lowest BCUT2D eigenvalue weighted by molar-refractivity contribution is -0.137. The number of aryl methyl sites for hydroxylation is 1. The molecule has 0 aliphatic carbocycles. The van der Waals surface area contributed by atoms with Crippen LogP contribution in [0.2, 0.25) is 5.02 Å². The smallest absolute Gasteiger partial charge is 0.163 e. The molecule has 1 N–H and O–H groups in total. The monoisotopic (exact) mass is 269 g/mol. The summed E-state index contributed by atoms with van der Waals surface area (Å²) in [7, 11) is 0. The maximum atomic E-state index is 6.08. The van der Waals surface area contributed by atoms with Crippen LogP contribution in [0.4, 0.5) is 0 Å². The van der Waals surface area contributed by atoms with Crippen LogP contribution >= 0.6 is 11.6 Å². The quantitative estimate of drug-likeness (QED) is 0.912. The number of hydrogen-bond acceptors (Lipinski definition) is 3. The van der Waals surface area contributed by atoms with Crippen molar-refractivity contribution in [3.8, 4) is 0 Å². The third-order valence-corrected chi connectivity index (χ3v) is 3.41. The minimum Gasteiger partial charge on any atom is -0.348 e. The zero-order valence-corrected chi connectivity index (χ0v) is 11.9. The van der Waals surface area contributed by atoms with Crippen LogP contribution in [0.15, 0.2) is 18.2 Å². The second kappa shape index (κ2) is 5.57. The third-order valence-electron chi connectivity index (χ3n) is 3.00. The molecule has 4 heteroatoms. The van der Waals surface area contributed by atoms with Crippen molar-refractivity contribution in [1.29, 1.82) is 0 Å². The number of rotatable bonds is 4. The van der Waals surface area contributed by atoms with E-state index in [9.17, 15) is 0 Å². The van der Waals surface area contributed by atoms with Gasteiger partial charge in [-0.3, -0.25) is 0 Å². The average molecular weight is 270 g/mol. The van der Waals surface area contributed by atoms with Gasteiger partial charge in [-0.05, 0) is 38.0 Å². The van der Waals surface area contributed by atoms with Crippen LogP contribution in [0.5, 0.6) is 0 Å². The molecule has 1 unspecified atom stereocenters. The van der Waals surface area contributed by atoms with E-state index in [1.165, 1.54) is 5.56 Å². The van der Waals surface area contributed by atoms with E-state index < -0.39 is 5.79 Å². The summed E-state index contributed by atoms with van der Waals surface area (Å²) in [5.74, 6) is -0.445. The number of halogens is 1. The van der Waals surface area contributed by atoms with Gasteiger partial charge in [0.1, 0.15) is 0 Å². The molecule has 0 saturated carbocycles. The summed E-state index contributed by atoms with van der Waals surface area (Å²) in [5.41, 5.74) is 2.29. The van der Waals surface area contributed by atoms with Gasteiger partial charge in [0.25, 0.3) is 0 Å². The first-order valence-corrected chi connectivity index (χ1v) is 6.61. The fourth-order valence-electron chi connectivity index (χ4n) is 1.99. The molecular weight excluding hydrogens is 250 g/mol. The standard InChI is InChI=1S/C14H20ClNO2/c1-10-4-5-11(6-13(10)15)7-16-8-12-9-17-14(2,3)18-12/h4-6,12,16H,7-9H2,1-3H3. The minimum atomic E-state index is -0.445. The molecular formula is C14H20ClNO2. The van der Waals surface area contributed by atoms with Gasteiger partial charge in [-0.25, -0.2) is 0 Å². The average Bonchev–Trinajstić information content (AvgIpc) is 2.63. The van der Waals surface area contributed by atoms with Gasteiger partial charge in [-0.1, -0.05) is 23.7 Å². The van der Waals surface area contributed by atoms with E-state index in [-0.39, 0.29) is 6.10 Å². The predicted octanol–water partition coefficient (Wildman–Crippen LogP) is 2.89. The van der Waals surface area contributed by atoms with Crippen LogP contribution in [0.3, 0.4) is 0 Å². The Morgan fingerprint density at radius 1 is 1.44 bits per heavy atom. The summed E-state index contributed by atoms with van der Waals surface area (Å²) in [6, 6.07) is 6.13. The normalized spacial score (nSPS) is 22.3. The number of ether oxygens (including phenoxy) is 2. The van der Waals surface area contributed by atoms with E-state index in [1.54, 1.807) is 0 Å². The highest BCUT2D eigenvalue weighted by Gasteiger charge is 2.32. The Labute approximate surface area is 113 Å². The maximum absolute atomic E-state index is 6.08. The third kappa shape index (κ3) is 3.69. The first-order valence-electron chi connectivity index (χ1n) is 6.24. The van der Waals surface area contributed by atoms with Gasteiger partial charge in [-0.15, -0.1) is 0 Å². The number of hydrogen-bond donors (Lipinski definition) is 1. The molecule has 0 spiro atoms. The van der Waals surface area contributed by atoms with Gasteiger partial charge in [0, 0.05) is 18.1 Å². The Morgan fingerprint density at radius 2 is 2.22 bits per heavy atom. The molecule has 1 saturated heterocycles. The first kappa shape index (κ1) is 13.8. The van der Waals surface area contributed by atoms with Crippen molar-refractivity contribution in [3.63, 3.8) is 0 Å². The zero-order chi connectivity index (χ0) is 13.2. The Bertz CT molecular complexity index is 420. The highest BCUT2D eigenvalue weighted by Crippen LogP contribution is 2.22. The van der Waals surface area contributed by atoms with Crippen LogP contribution < -0.4 is 5.32 Å². The second-order valence-corrected chi connectivity index (χ2v) is 5.57. The maximum Gasteiger partial charge on any atom is 0.163 e. The molecule has 0 bridgehead atoms. The summed E-state index contributed by atoms with van der Waals surface area (Å²) >= 11 is 6.08. The lowest BCUT2D eigenvalue weighted by Crippen LogP contribution is -2.30. The molecule has 0 amide bonds. The number of benzene rings is 1. The Balaban J connectivity index is 1.77. The minimum absolute atomic E-state index is 0.126. The van der Waals surface area contributed by atoms with Crippen LogP contribution in [-0.4, -0.2) is 25.0 Å². The SMILES string of the molecule is Cc1ccc(CNCC2COC(C)(C)O2)cc1Cl. The van der Waals surface area contributed by atoms with Crippen molar-refractivity contribution in [3.05, 3.63) is 34.3 Å². The molecule has 2 rings (SSSR count). The molecule has 1 aliphatic heterocycles. The van der Waals surface area contributed by atoms with Crippen molar-refractivity contribution < 1.29 is 9.47 Å². The molecule has 0 aromatic heterocycles. The van der Waals surface area contributed by atoms with E-state index in [2.05, 4.69) is 11.4 Å². The lowest BCUT2D eigenvalue weighted by Gasteiger charge is -2.17. The fourth-order valence-corrected chi connectivity index (χ4v) is 2.19. The van der Waals surface area contributed by atoms with E-state index in [0.717, 1.165) is 23.7 Å². The van der Waals surface area contributed by atoms with Gasteiger partial charge >= 0.3 is 0 Å². The molecule has 1 aromatic carbocycles. The fraction of sp³-hybridized carbons (Fsp3) is 0.571. The zero-order valence-electron chi connectivity index (χ0n) is 11.1. The van der Waals surface area contributed by atoms with Gasteiger partial charge in [0.15, 0.2) is 5.79 Å². The molecule has 1 atom stereocenters. The largest absolute Gasteiger partial charge is 0.348 e. The molecule has 1 aliphatic rings. The van der Waals surface area contributed by atoms with Crippen LogP contribution in [0, 0.1) is 6.92 Å². The van der Waals surface area contributed by atoms with Crippen molar-refractivity contribution in [1.82, 2.24) is 5.32 Å². The predicted molar refractivity (Wildman–Crippen MR) is 72.8 cm³/mol. The van der Waals surface area contributed by atoms with Crippen LogP contribution in [0.25, 0.3) is 0 Å². The topological polar surface area (TPSA) is 30.5 Å². The van der Waals surface area contributed by atoms with Crippen molar-refractivity contribution in [2.45, 2.75) is 39.2 Å². The van der Waals surface area contributed by atoms with Crippen molar-refractivity contribution in [2.75, 3.05) is 13.2 Å². The van der Waals surface area contributed by atoms with E-state index >= 15 is 0 Å². The van der Waals surface area contributed by atoms with Gasteiger partial charge in [0.2, 0.25) is 0 Å². The molecule has 1 heterocycles. The summed E-state index contributed by atoms with van der Waals surface area (Å²) in [4.78, 5) is 0. The highest BCUT2D eigenvalue weighted by atomic mass is 35.5. The van der Waals surface area contributed by atoms with Crippen molar-refractivity contribution >= 4 is 11.6 Å². The van der Waals surface area contributed by atoms with Crippen molar-refractivity contribution in [2.24, 2.45) is 0 Å². The van der Waals surface area contributed by atoms with E-state index in [1.807, 2.05) is 32.9 Å². The van der Waals surface area contributed by atoms with Gasteiger partial charge < -0.3 is 14.8 Å². The Kier molecular flexibility index (Phi) is 4.28. The first-order chi connectivity index (χ1) is 8.46. The second-order valence-electron chi connectivity index (χ2n) is 5.17. The molecule has 0 radical (unpaired) electrons. The van der Waals surface area contributed by atoms with Gasteiger partial charge in [0.05, 0.1) is 12.7 Å². The molecule has 3 nitrogen and oxygen atoms in total. The highest BCUT2D eigenvalue weighted by molar-refractivity contribution is 6.31. The van der Waals surface area contributed by atoms with Crippen LogP contribution in [-0.2, 0) is 16.0 Å². The summed E-state index contributed by atoms with van der Waals surface area (Å²) < 4.78 is 11.2. The molecule has 18 heavy (non-hydrogen) atoms. The Hall–Kier alpha value is -0.610. The summed E-state index contributed by atoms with van der Waals surface area (Å²) in [5, 5.41) is 4.18. The van der Waals surface area contributed by atoms with Crippen LogP contribution in [0.1, 0.15) is 25.0 Å². The number of nitrogens with one attached hydrogen (secondary N) is 1. The lowest BCUT2D eigenvalue weighted by atomic mass is 10.1. The van der Waals surface area contributed by atoms with E-state index in [4.69, 9.17) is 21.1 Å². The summed E-state index contributed by atoms with van der Waals surface area (Å²) in [6.07, 6.45) is 0.126. The molecule has 1 aromatic rings. The molecule has 100 valence electrons. The Morgan fingerprint density at radius 3 is 2.83 bits per heavy atom. The van der Waals surface area contributed by atoms with E-state index in [0.29, 0.717) is 6.61 Å². The van der Waals surface area contributed by atoms with Gasteiger partial charge in [-0.2, -0.15) is 0 Å².